The molecule has 0 saturated heterocycles. The lowest BCUT2D eigenvalue weighted by Crippen LogP contribution is -2.37. The summed E-state index contributed by atoms with van der Waals surface area (Å²) in [6.45, 7) is 2.26. The topological polar surface area (TPSA) is 101 Å². The first-order valence-electron chi connectivity index (χ1n) is 6.55. The molecular formula is C14H19N3O3S. The van der Waals surface area contributed by atoms with Gasteiger partial charge in [0.2, 0.25) is 15.9 Å². The number of hydrogen-bond acceptors (Lipinski definition) is 4. The van der Waals surface area contributed by atoms with Crippen molar-refractivity contribution in [3.05, 3.63) is 29.8 Å². The summed E-state index contributed by atoms with van der Waals surface area (Å²) >= 11 is 0. The summed E-state index contributed by atoms with van der Waals surface area (Å²) < 4.78 is 26.7. The molecule has 6 nitrogen and oxygen atoms in total. The molecular weight excluding hydrogens is 290 g/mol. The molecule has 1 amide bonds. The van der Waals surface area contributed by atoms with E-state index < -0.39 is 10.0 Å². The molecule has 0 bridgehead atoms. The Balaban J connectivity index is 2.86. The van der Waals surface area contributed by atoms with Crippen molar-refractivity contribution in [2.24, 2.45) is 5.73 Å². The van der Waals surface area contributed by atoms with Crippen molar-refractivity contribution >= 4 is 15.9 Å². The lowest BCUT2D eigenvalue weighted by Gasteiger charge is -2.08. The fourth-order valence-corrected chi connectivity index (χ4v) is 2.66. The second kappa shape index (κ2) is 8.42. The molecule has 7 heteroatoms. The van der Waals surface area contributed by atoms with Gasteiger partial charge in [0.05, 0.1) is 18.0 Å². The Morgan fingerprint density at radius 1 is 1.33 bits per heavy atom. The molecule has 0 saturated carbocycles. The number of carbonyl (C=O) groups excluding carboxylic acids is 1. The van der Waals surface area contributed by atoms with Gasteiger partial charge in [-0.1, -0.05) is 30.9 Å². The van der Waals surface area contributed by atoms with E-state index in [2.05, 4.69) is 21.9 Å². The summed E-state index contributed by atoms with van der Waals surface area (Å²) in [5.74, 6) is 4.95. The van der Waals surface area contributed by atoms with Crippen molar-refractivity contribution in [2.75, 3.05) is 19.6 Å². The number of nitrogens with two attached hydrogens (primary N) is 1. The highest BCUT2D eigenvalue weighted by Crippen LogP contribution is 2.13. The third-order valence-corrected chi connectivity index (χ3v) is 3.96. The van der Waals surface area contributed by atoms with E-state index in [9.17, 15) is 13.2 Å². The molecule has 0 aliphatic rings. The number of carbonyl (C=O) groups is 1. The zero-order valence-electron chi connectivity index (χ0n) is 11.8. The maximum atomic E-state index is 12.2. The van der Waals surface area contributed by atoms with Crippen LogP contribution in [0.15, 0.2) is 29.2 Å². The molecule has 0 heterocycles. The van der Waals surface area contributed by atoms with Crippen LogP contribution in [-0.4, -0.2) is 34.0 Å². The Hall–Kier alpha value is -1.88. The van der Waals surface area contributed by atoms with Gasteiger partial charge in [0, 0.05) is 12.1 Å². The molecule has 0 aliphatic carbocycles. The highest BCUT2D eigenvalue weighted by molar-refractivity contribution is 7.89. The molecule has 114 valence electrons. The summed E-state index contributed by atoms with van der Waals surface area (Å²) in [5, 5.41) is 2.59. The Bertz CT molecular complexity index is 645. The first-order valence-corrected chi connectivity index (χ1v) is 8.04. The molecule has 0 fully saturated rings. The highest BCUT2D eigenvalue weighted by atomic mass is 32.2. The molecule has 1 aromatic rings. The summed E-state index contributed by atoms with van der Waals surface area (Å²) in [6.07, 6.45) is 0.788. The van der Waals surface area contributed by atoms with Crippen molar-refractivity contribution in [1.82, 2.24) is 10.0 Å². The smallest absolute Gasteiger partial charge is 0.242 e. The molecule has 1 aromatic carbocycles. The summed E-state index contributed by atoms with van der Waals surface area (Å²) in [6, 6.07) is 6.31. The number of sulfonamides is 1. The first kappa shape index (κ1) is 17.2. The Labute approximate surface area is 125 Å². The van der Waals surface area contributed by atoms with Gasteiger partial charge in [0.25, 0.3) is 0 Å². The molecule has 0 atom stereocenters. The minimum Gasteiger partial charge on any atom is -0.355 e. The lowest BCUT2D eigenvalue weighted by atomic mass is 10.2. The highest BCUT2D eigenvalue weighted by Gasteiger charge is 2.18. The van der Waals surface area contributed by atoms with E-state index in [1.807, 2.05) is 6.92 Å². The van der Waals surface area contributed by atoms with Gasteiger partial charge in [-0.15, -0.1) is 0 Å². The van der Waals surface area contributed by atoms with Gasteiger partial charge in [-0.25, -0.2) is 13.1 Å². The zero-order chi connectivity index (χ0) is 15.7. The third-order valence-electron chi connectivity index (χ3n) is 2.50. The Kier molecular flexibility index (Phi) is 6.88. The van der Waals surface area contributed by atoms with Crippen LogP contribution in [0.3, 0.4) is 0 Å². The van der Waals surface area contributed by atoms with Gasteiger partial charge in [0.15, 0.2) is 0 Å². The number of nitrogens with one attached hydrogen (secondary N) is 2. The Morgan fingerprint density at radius 3 is 2.71 bits per heavy atom. The van der Waals surface area contributed by atoms with Gasteiger partial charge in [-0.2, -0.15) is 0 Å². The van der Waals surface area contributed by atoms with Gasteiger partial charge < -0.3 is 11.1 Å². The lowest BCUT2D eigenvalue weighted by molar-refractivity contribution is -0.119. The van der Waals surface area contributed by atoms with E-state index in [0.29, 0.717) is 12.1 Å². The van der Waals surface area contributed by atoms with Crippen LogP contribution >= 0.6 is 0 Å². The average molecular weight is 309 g/mol. The van der Waals surface area contributed by atoms with E-state index >= 15 is 0 Å². The molecule has 0 aromatic heterocycles. The van der Waals surface area contributed by atoms with Gasteiger partial charge in [0.1, 0.15) is 0 Å². The summed E-state index contributed by atoms with van der Waals surface area (Å²) in [7, 11) is -3.80. The predicted octanol–water partition coefficient (Wildman–Crippen LogP) is -0.199. The fraction of sp³-hybridized carbons (Fsp3) is 0.357. The molecule has 0 spiro atoms. The third kappa shape index (κ3) is 5.55. The molecule has 21 heavy (non-hydrogen) atoms. The van der Waals surface area contributed by atoms with Crippen molar-refractivity contribution < 1.29 is 13.2 Å². The normalized spacial score (nSPS) is 10.6. The van der Waals surface area contributed by atoms with Gasteiger partial charge in [-0.05, 0) is 18.6 Å². The van der Waals surface area contributed by atoms with E-state index in [1.165, 1.54) is 6.07 Å². The van der Waals surface area contributed by atoms with Crippen LogP contribution in [0, 0.1) is 11.8 Å². The molecule has 0 aliphatic heterocycles. The maximum Gasteiger partial charge on any atom is 0.242 e. The Morgan fingerprint density at radius 2 is 2.05 bits per heavy atom. The first-order chi connectivity index (χ1) is 10.0. The van der Waals surface area contributed by atoms with Crippen molar-refractivity contribution in [3.63, 3.8) is 0 Å². The standard InChI is InChI=1S/C14H19N3O3S/c1-2-10-16-14(18)11-17-21(19,20)13-8-4-3-6-12(13)7-5-9-15/h3-4,6,8,17H,2,9-11,15H2,1H3,(H,16,18). The zero-order valence-corrected chi connectivity index (χ0v) is 12.7. The number of amides is 1. The van der Waals surface area contributed by atoms with E-state index in [1.54, 1.807) is 18.2 Å². The number of hydrogen-bond donors (Lipinski definition) is 3. The summed E-state index contributed by atoms with van der Waals surface area (Å²) in [5.41, 5.74) is 5.64. The van der Waals surface area contributed by atoms with Gasteiger partial charge >= 0.3 is 0 Å². The van der Waals surface area contributed by atoms with E-state index in [0.717, 1.165) is 6.42 Å². The van der Waals surface area contributed by atoms with Crippen LogP contribution in [-0.2, 0) is 14.8 Å². The minimum atomic E-state index is -3.80. The van der Waals surface area contributed by atoms with E-state index in [4.69, 9.17) is 5.73 Å². The van der Waals surface area contributed by atoms with Crippen molar-refractivity contribution in [1.29, 1.82) is 0 Å². The van der Waals surface area contributed by atoms with Crippen molar-refractivity contribution in [2.45, 2.75) is 18.2 Å². The van der Waals surface area contributed by atoms with Crippen LogP contribution in [0.4, 0.5) is 0 Å². The SMILES string of the molecule is CCCNC(=O)CNS(=O)(=O)c1ccccc1C#CCN. The van der Waals surface area contributed by atoms with Crippen molar-refractivity contribution in [3.8, 4) is 11.8 Å². The summed E-state index contributed by atoms with van der Waals surface area (Å²) in [4.78, 5) is 11.5. The van der Waals surface area contributed by atoms with Crippen LogP contribution in [0.25, 0.3) is 0 Å². The molecule has 0 unspecified atom stereocenters. The maximum absolute atomic E-state index is 12.2. The average Bonchev–Trinajstić information content (AvgIpc) is 2.49. The number of rotatable bonds is 6. The molecule has 1 rings (SSSR count). The fourth-order valence-electron chi connectivity index (χ4n) is 1.52. The molecule has 4 N–H and O–H groups in total. The predicted molar refractivity (Wildman–Crippen MR) is 80.9 cm³/mol. The number of benzene rings is 1. The van der Waals surface area contributed by atoms with Crippen LogP contribution in [0.2, 0.25) is 0 Å². The van der Waals surface area contributed by atoms with Gasteiger partial charge in [-0.3, -0.25) is 4.79 Å². The quantitative estimate of drug-likeness (QED) is 0.633. The largest absolute Gasteiger partial charge is 0.355 e. The van der Waals surface area contributed by atoms with Crippen LogP contribution in [0.5, 0.6) is 0 Å². The minimum absolute atomic E-state index is 0.0363. The van der Waals surface area contributed by atoms with E-state index in [-0.39, 0.29) is 23.9 Å². The van der Waals surface area contributed by atoms with Crippen LogP contribution in [0.1, 0.15) is 18.9 Å². The van der Waals surface area contributed by atoms with Crippen LogP contribution < -0.4 is 15.8 Å². The second-order valence-electron chi connectivity index (χ2n) is 4.18. The monoisotopic (exact) mass is 309 g/mol. The second-order valence-corrected chi connectivity index (χ2v) is 5.91. The molecule has 0 radical (unpaired) electrons.